The molecule has 0 aliphatic carbocycles. The molecule has 0 amide bonds. The van der Waals surface area contributed by atoms with Crippen molar-refractivity contribution in [1.82, 2.24) is 4.98 Å². The number of thiazole rings is 1. The number of nitrogens with two attached hydrogens (primary N) is 1. The highest BCUT2D eigenvalue weighted by molar-refractivity contribution is 7.15. The molecule has 0 unspecified atom stereocenters. The van der Waals surface area contributed by atoms with Gasteiger partial charge in [-0.05, 0) is 13.0 Å². The average molecular weight is 258 g/mol. The molecule has 2 aromatic rings. The van der Waals surface area contributed by atoms with Gasteiger partial charge < -0.3 is 5.73 Å². The predicted molar refractivity (Wildman–Crippen MR) is 61.7 cm³/mol. The third kappa shape index (κ3) is 2.26. The molecular formula is C11H9F3N2S. The van der Waals surface area contributed by atoms with Crippen LogP contribution in [0.2, 0.25) is 0 Å². The van der Waals surface area contributed by atoms with Gasteiger partial charge in [0.1, 0.15) is 0 Å². The average Bonchev–Trinajstić information content (AvgIpc) is 2.56. The van der Waals surface area contributed by atoms with Crippen molar-refractivity contribution >= 4 is 16.5 Å². The van der Waals surface area contributed by atoms with E-state index < -0.39 is 11.7 Å². The summed E-state index contributed by atoms with van der Waals surface area (Å²) in [7, 11) is 0. The molecule has 0 saturated heterocycles. The van der Waals surface area contributed by atoms with Crippen LogP contribution in [0.5, 0.6) is 0 Å². The smallest absolute Gasteiger partial charge is 0.375 e. The molecule has 1 heterocycles. The predicted octanol–water partition coefficient (Wildman–Crippen LogP) is 3.72. The van der Waals surface area contributed by atoms with Crippen molar-refractivity contribution in [3.8, 4) is 11.3 Å². The first-order valence-electron chi connectivity index (χ1n) is 4.79. The Morgan fingerprint density at radius 2 is 1.88 bits per heavy atom. The van der Waals surface area contributed by atoms with Gasteiger partial charge in [-0.1, -0.05) is 18.2 Å². The van der Waals surface area contributed by atoms with Crippen molar-refractivity contribution in [1.29, 1.82) is 0 Å². The second-order valence-corrected chi connectivity index (χ2v) is 4.74. The fraction of sp³-hybridized carbons (Fsp3) is 0.182. The Labute approximate surface area is 99.9 Å². The number of halogens is 3. The molecule has 2 rings (SSSR count). The molecule has 2 nitrogen and oxygen atoms in total. The van der Waals surface area contributed by atoms with Crippen molar-refractivity contribution in [3.63, 3.8) is 0 Å². The maximum atomic E-state index is 12.8. The lowest BCUT2D eigenvalue weighted by molar-refractivity contribution is -0.137. The van der Waals surface area contributed by atoms with Crippen LogP contribution in [0.15, 0.2) is 24.3 Å². The number of nitrogen functional groups attached to an aromatic ring is 1. The first-order valence-corrected chi connectivity index (χ1v) is 5.60. The third-order valence-corrected chi connectivity index (χ3v) is 3.10. The maximum Gasteiger partial charge on any atom is 0.417 e. The van der Waals surface area contributed by atoms with Gasteiger partial charge in [-0.25, -0.2) is 4.98 Å². The number of anilines is 1. The van der Waals surface area contributed by atoms with Gasteiger partial charge in [-0.15, -0.1) is 11.3 Å². The second-order valence-electron chi connectivity index (χ2n) is 3.50. The van der Waals surface area contributed by atoms with Gasteiger partial charge in [-0.3, -0.25) is 0 Å². The standard InChI is InChI=1S/C11H9F3N2S/c1-6-9(16-10(15)17-6)7-4-2-3-5-8(7)11(12,13)14/h2-5H,1H3,(H2,15,16). The van der Waals surface area contributed by atoms with Crippen LogP contribution in [-0.4, -0.2) is 4.98 Å². The molecule has 0 aliphatic rings. The Kier molecular flexibility index (Phi) is 2.82. The summed E-state index contributed by atoms with van der Waals surface area (Å²) in [4.78, 5) is 4.63. The minimum Gasteiger partial charge on any atom is -0.375 e. The monoisotopic (exact) mass is 258 g/mol. The van der Waals surface area contributed by atoms with E-state index in [0.29, 0.717) is 10.6 Å². The van der Waals surface area contributed by atoms with Gasteiger partial charge in [0.2, 0.25) is 0 Å². The zero-order valence-corrected chi connectivity index (χ0v) is 9.69. The lowest BCUT2D eigenvalue weighted by Gasteiger charge is -2.11. The fourth-order valence-electron chi connectivity index (χ4n) is 1.60. The summed E-state index contributed by atoms with van der Waals surface area (Å²) in [6.45, 7) is 1.70. The lowest BCUT2D eigenvalue weighted by atomic mass is 10.0. The SMILES string of the molecule is Cc1sc(N)nc1-c1ccccc1C(F)(F)F. The van der Waals surface area contributed by atoms with E-state index in [9.17, 15) is 13.2 Å². The number of alkyl halides is 3. The number of benzene rings is 1. The number of aromatic nitrogens is 1. The Morgan fingerprint density at radius 1 is 1.24 bits per heavy atom. The van der Waals surface area contributed by atoms with Crippen LogP contribution >= 0.6 is 11.3 Å². The van der Waals surface area contributed by atoms with Crippen LogP contribution in [0.3, 0.4) is 0 Å². The Balaban J connectivity index is 2.64. The normalized spacial score (nSPS) is 11.8. The van der Waals surface area contributed by atoms with Gasteiger partial charge in [-0.2, -0.15) is 13.2 Å². The summed E-state index contributed by atoms with van der Waals surface area (Å²) in [5, 5.41) is 0.273. The van der Waals surface area contributed by atoms with Crippen molar-refractivity contribution in [2.24, 2.45) is 0 Å². The lowest BCUT2D eigenvalue weighted by Crippen LogP contribution is -2.07. The van der Waals surface area contributed by atoms with Crippen LogP contribution in [0.1, 0.15) is 10.4 Å². The first kappa shape index (κ1) is 11.9. The van der Waals surface area contributed by atoms with Crippen LogP contribution in [-0.2, 0) is 6.18 Å². The summed E-state index contributed by atoms with van der Waals surface area (Å²) < 4.78 is 38.5. The Hall–Kier alpha value is -1.56. The molecule has 0 radical (unpaired) electrons. The van der Waals surface area contributed by atoms with Gasteiger partial charge in [0.15, 0.2) is 5.13 Å². The highest BCUT2D eigenvalue weighted by Crippen LogP contribution is 2.39. The molecule has 0 spiro atoms. The first-order chi connectivity index (χ1) is 7.89. The van der Waals surface area contributed by atoms with Crippen molar-refractivity contribution < 1.29 is 13.2 Å². The fourth-order valence-corrected chi connectivity index (χ4v) is 2.31. The number of aryl methyl sites for hydroxylation is 1. The number of hydrogen-bond acceptors (Lipinski definition) is 3. The Morgan fingerprint density at radius 3 is 2.41 bits per heavy atom. The van der Waals surface area contributed by atoms with Gasteiger partial charge >= 0.3 is 6.18 Å². The van der Waals surface area contributed by atoms with E-state index in [1.807, 2.05) is 0 Å². The molecule has 0 bridgehead atoms. The quantitative estimate of drug-likeness (QED) is 0.846. The molecule has 90 valence electrons. The minimum absolute atomic E-state index is 0.0745. The summed E-state index contributed by atoms with van der Waals surface area (Å²) in [5.41, 5.74) is 5.20. The highest BCUT2D eigenvalue weighted by Gasteiger charge is 2.34. The van der Waals surface area contributed by atoms with Gasteiger partial charge in [0.25, 0.3) is 0 Å². The minimum atomic E-state index is -4.39. The molecule has 0 fully saturated rings. The molecule has 2 N–H and O–H groups in total. The third-order valence-electron chi connectivity index (χ3n) is 2.30. The highest BCUT2D eigenvalue weighted by atomic mass is 32.1. The van der Waals surface area contributed by atoms with Crippen molar-refractivity contribution in [2.45, 2.75) is 13.1 Å². The topological polar surface area (TPSA) is 38.9 Å². The van der Waals surface area contributed by atoms with E-state index in [1.165, 1.54) is 23.5 Å². The molecule has 0 aliphatic heterocycles. The van der Waals surface area contributed by atoms with Gasteiger partial charge in [0.05, 0.1) is 11.3 Å². The number of rotatable bonds is 1. The van der Waals surface area contributed by atoms with Crippen molar-refractivity contribution in [3.05, 3.63) is 34.7 Å². The molecule has 1 aromatic carbocycles. The van der Waals surface area contributed by atoms with E-state index in [0.717, 1.165) is 6.07 Å². The summed E-state index contributed by atoms with van der Waals surface area (Å²) in [6, 6.07) is 5.37. The maximum absolute atomic E-state index is 12.8. The zero-order chi connectivity index (χ0) is 12.6. The van der Waals surface area contributed by atoms with Gasteiger partial charge in [0, 0.05) is 10.4 Å². The summed E-state index contributed by atoms with van der Waals surface area (Å²) in [5.74, 6) is 0. The molecule has 6 heteroatoms. The van der Waals surface area contributed by atoms with Crippen molar-refractivity contribution in [2.75, 3.05) is 5.73 Å². The molecule has 1 aromatic heterocycles. The largest absolute Gasteiger partial charge is 0.417 e. The molecule has 0 atom stereocenters. The van der Waals surface area contributed by atoms with E-state index >= 15 is 0 Å². The molecule has 0 saturated carbocycles. The van der Waals surface area contributed by atoms with E-state index in [1.54, 1.807) is 13.0 Å². The summed E-state index contributed by atoms with van der Waals surface area (Å²) in [6.07, 6.45) is -4.39. The van der Waals surface area contributed by atoms with E-state index in [4.69, 9.17) is 5.73 Å². The van der Waals surface area contributed by atoms with Crippen LogP contribution in [0.25, 0.3) is 11.3 Å². The Bertz CT molecular complexity index is 546. The zero-order valence-electron chi connectivity index (χ0n) is 8.88. The molecule has 17 heavy (non-hydrogen) atoms. The van der Waals surface area contributed by atoms with Crippen LogP contribution < -0.4 is 5.73 Å². The summed E-state index contributed by atoms with van der Waals surface area (Å²) >= 11 is 1.18. The van der Waals surface area contributed by atoms with Crippen LogP contribution in [0, 0.1) is 6.92 Å². The number of nitrogens with zero attached hydrogens (tertiary/aromatic N) is 1. The second kappa shape index (κ2) is 4.03. The van der Waals surface area contributed by atoms with E-state index in [2.05, 4.69) is 4.98 Å². The number of hydrogen-bond donors (Lipinski definition) is 1. The van der Waals surface area contributed by atoms with E-state index in [-0.39, 0.29) is 10.7 Å². The molecular weight excluding hydrogens is 249 g/mol. The van der Waals surface area contributed by atoms with Crippen LogP contribution in [0.4, 0.5) is 18.3 Å².